The summed E-state index contributed by atoms with van der Waals surface area (Å²) in [6.07, 6.45) is 2.52. The van der Waals surface area contributed by atoms with Crippen LogP contribution >= 0.6 is 11.6 Å². The van der Waals surface area contributed by atoms with E-state index in [1.54, 1.807) is 6.92 Å². The van der Waals surface area contributed by atoms with E-state index in [9.17, 15) is 4.79 Å². The molecular formula is C9H15ClO3. The van der Waals surface area contributed by atoms with E-state index in [0.717, 1.165) is 6.08 Å². The summed E-state index contributed by atoms with van der Waals surface area (Å²) >= 11 is 5.21. The number of carbonyl (C=O) groups is 1. The summed E-state index contributed by atoms with van der Waals surface area (Å²) in [5.41, 5.74) is 0. The molecule has 0 spiro atoms. The molecule has 0 aliphatic carbocycles. The summed E-state index contributed by atoms with van der Waals surface area (Å²) < 4.78 is 9.05. The molecule has 0 aromatic rings. The number of hydrogen-bond acceptors (Lipinski definition) is 3. The third-order valence-corrected chi connectivity index (χ3v) is 0.920. The fourth-order valence-electron chi connectivity index (χ4n) is 0.329. The van der Waals surface area contributed by atoms with E-state index in [1.165, 1.54) is 6.26 Å². The molecule has 0 saturated heterocycles. The number of ether oxygens (including phenoxy) is 2. The van der Waals surface area contributed by atoms with Crippen molar-refractivity contribution in [2.24, 2.45) is 0 Å². The van der Waals surface area contributed by atoms with Gasteiger partial charge in [0, 0.05) is 6.08 Å². The Hall–Kier alpha value is -0.960. The molecule has 0 aromatic carbocycles. The first-order valence-corrected chi connectivity index (χ1v) is 4.34. The van der Waals surface area contributed by atoms with Crippen LogP contribution in [0.3, 0.4) is 0 Å². The minimum atomic E-state index is -0.359. The third kappa shape index (κ3) is 18.2. The Balaban J connectivity index is 0. The van der Waals surface area contributed by atoms with Crippen LogP contribution in [-0.4, -0.2) is 25.1 Å². The Morgan fingerprint density at radius 1 is 1.54 bits per heavy atom. The lowest BCUT2D eigenvalue weighted by Gasteiger charge is -1.90. The third-order valence-electron chi connectivity index (χ3n) is 0.766. The topological polar surface area (TPSA) is 35.5 Å². The van der Waals surface area contributed by atoms with Crippen molar-refractivity contribution >= 4 is 17.6 Å². The van der Waals surface area contributed by atoms with Crippen LogP contribution in [0.15, 0.2) is 25.5 Å². The molecule has 0 radical (unpaired) electrons. The van der Waals surface area contributed by atoms with Crippen LogP contribution in [0.1, 0.15) is 6.92 Å². The molecule has 0 bridgehead atoms. The molecule has 3 nitrogen and oxygen atoms in total. The summed E-state index contributed by atoms with van der Waals surface area (Å²) in [6.45, 7) is 9.26. The summed E-state index contributed by atoms with van der Waals surface area (Å²) in [5, 5.41) is 0. The molecule has 0 saturated carbocycles. The molecule has 0 unspecified atom stereocenters. The highest BCUT2D eigenvalue weighted by molar-refractivity contribution is 6.17. The van der Waals surface area contributed by atoms with Gasteiger partial charge in [0.05, 0.1) is 18.7 Å². The van der Waals surface area contributed by atoms with Crippen molar-refractivity contribution < 1.29 is 14.3 Å². The lowest BCUT2D eigenvalue weighted by atomic mass is 10.6. The van der Waals surface area contributed by atoms with Gasteiger partial charge >= 0.3 is 5.97 Å². The highest BCUT2D eigenvalue weighted by Crippen LogP contribution is 1.75. The zero-order valence-electron chi connectivity index (χ0n) is 7.79. The second kappa shape index (κ2) is 13.6. The first-order valence-electron chi connectivity index (χ1n) is 3.80. The van der Waals surface area contributed by atoms with Gasteiger partial charge in [-0.1, -0.05) is 13.2 Å². The van der Waals surface area contributed by atoms with Gasteiger partial charge in [0.2, 0.25) is 0 Å². The smallest absolute Gasteiger partial charge is 0.330 e. The molecule has 4 heteroatoms. The van der Waals surface area contributed by atoms with Crippen LogP contribution in [0.2, 0.25) is 0 Å². The molecular weight excluding hydrogens is 192 g/mol. The van der Waals surface area contributed by atoms with Crippen molar-refractivity contribution in [3.63, 3.8) is 0 Å². The van der Waals surface area contributed by atoms with Gasteiger partial charge in [0.15, 0.2) is 0 Å². The van der Waals surface area contributed by atoms with Crippen molar-refractivity contribution in [1.82, 2.24) is 0 Å². The summed E-state index contributed by atoms with van der Waals surface area (Å²) in [4.78, 5) is 10.1. The number of carbonyl (C=O) groups excluding carboxylic acids is 1. The number of hydrogen-bond donors (Lipinski definition) is 0. The molecule has 0 aliphatic rings. The molecule has 0 aliphatic heterocycles. The van der Waals surface area contributed by atoms with Gasteiger partial charge in [-0.2, -0.15) is 0 Å². The van der Waals surface area contributed by atoms with E-state index >= 15 is 0 Å². The maximum atomic E-state index is 10.1. The fourth-order valence-corrected chi connectivity index (χ4v) is 0.418. The molecule has 0 amide bonds. The van der Waals surface area contributed by atoms with E-state index in [1.807, 2.05) is 0 Å². The quantitative estimate of drug-likeness (QED) is 0.227. The first-order chi connectivity index (χ1) is 6.22. The highest BCUT2D eigenvalue weighted by atomic mass is 35.5. The van der Waals surface area contributed by atoms with E-state index in [4.69, 9.17) is 11.6 Å². The summed E-state index contributed by atoms with van der Waals surface area (Å²) in [6, 6.07) is 0. The van der Waals surface area contributed by atoms with Gasteiger partial charge in [0.1, 0.15) is 6.61 Å². The Morgan fingerprint density at radius 3 is 2.31 bits per heavy atom. The van der Waals surface area contributed by atoms with Gasteiger partial charge in [0.25, 0.3) is 0 Å². The molecule has 0 fully saturated rings. The summed E-state index contributed by atoms with van der Waals surface area (Å²) in [7, 11) is 0. The van der Waals surface area contributed by atoms with Crippen molar-refractivity contribution in [2.75, 3.05) is 19.1 Å². The second-order valence-electron chi connectivity index (χ2n) is 1.68. The van der Waals surface area contributed by atoms with Gasteiger partial charge < -0.3 is 9.47 Å². The maximum Gasteiger partial charge on any atom is 0.330 e. The van der Waals surface area contributed by atoms with E-state index in [0.29, 0.717) is 19.1 Å². The molecule has 0 heterocycles. The molecule has 0 aromatic heterocycles. The second-order valence-corrected chi connectivity index (χ2v) is 2.06. The van der Waals surface area contributed by atoms with E-state index in [-0.39, 0.29) is 5.97 Å². The Labute approximate surface area is 84.0 Å². The Morgan fingerprint density at radius 2 is 2.15 bits per heavy atom. The van der Waals surface area contributed by atoms with Gasteiger partial charge in [-0.15, -0.1) is 11.6 Å². The van der Waals surface area contributed by atoms with Gasteiger partial charge in [-0.05, 0) is 6.92 Å². The minimum Gasteiger partial charge on any atom is -0.501 e. The van der Waals surface area contributed by atoms with Crippen molar-refractivity contribution in [3.05, 3.63) is 25.5 Å². The highest BCUT2D eigenvalue weighted by Gasteiger charge is 1.86. The molecule has 0 atom stereocenters. The first kappa shape index (κ1) is 14.6. The lowest BCUT2D eigenvalue weighted by molar-refractivity contribution is -0.137. The molecule has 0 N–H and O–H groups in total. The van der Waals surface area contributed by atoms with Gasteiger partial charge in [-0.25, -0.2) is 4.79 Å². The van der Waals surface area contributed by atoms with Gasteiger partial charge in [-0.3, -0.25) is 0 Å². The fraction of sp³-hybridized carbons (Fsp3) is 0.444. The van der Waals surface area contributed by atoms with Crippen LogP contribution in [-0.2, 0) is 14.3 Å². The molecule has 76 valence electrons. The van der Waals surface area contributed by atoms with Crippen LogP contribution in [0, 0.1) is 0 Å². The summed E-state index contributed by atoms with van der Waals surface area (Å²) in [5.74, 6) is 0.175. The number of halogens is 1. The largest absolute Gasteiger partial charge is 0.501 e. The maximum absolute atomic E-state index is 10.1. The van der Waals surface area contributed by atoms with Crippen molar-refractivity contribution in [1.29, 1.82) is 0 Å². The van der Waals surface area contributed by atoms with Crippen LogP contribution in [0.4, 0.5) is 0 Å². The van der Waals surface area contributed by atoms with E-state index in [2.05, 4.69) is 22.6 Å². The van der Waals surface area contributed by atoms with Crippen LogP contribution in [0.25, 0.3) is 0 Å². The normalized spacial score (nSPS) is 7.54. The zero-order chi connectivity index (χ0) is 10.5. The van der Waals surface area contributed by atoms with E-state index < -0.39 is 0 Å². The predicted octanol–water partition coefficient (Wildman–Crippen LogP) is 2.12. The standard InChI is InChI=1S/C5H8O2.C4H7ClO/c1-3-5(6)7-4-2;1-2-6-4-3-5/h3H,1,4H2,2H3;2H,1,3-4H2. The number of esters is 1. The Kier molecular flexibility index (Phi) is 15.2. The average molecular weight is 207 g/mol. The Bertz CT molecular complexity index is 146. The average Bonchev–Trinajstić information content (AvgIpc) is 2.16. The SMILES string of the molecule is C=CC(=O)OCC.C=COCCCl. The molecule has 13 heavy (non-hydrogen) atoms. The minimum absolute atomic E-state index is 0.359. The van der Waals surface area contributed by atoms with Crippen molar-refractivity contribution in [2.45, 2.75) is 6.92 Å². The number of rotatable bonds is 5. The lowest BCUT2D eigenvalue weighted by Crippen LogP contribution is -1.97. The van der Waals surface area contributed by atoms with Crippen LogP contribution in [0.5, 0.6) is 0 Å². The zero-order valence-corrected chi connectivity index (χ0v) is 8.55. The molecule has 0 rings (SSSR count). The monoisotopic (exact) mass is 206 g/mol. The van der Waals surface area contributed by atoms with Crippen molar-refractivity contribution in [3.8, 4) is 0 Å². The predicted molar refractivity (Wildman–Crippen MR) is 53.7 cm³/mol. The number of alkyl halides is 1. The van der Waals surface area contributed by atoms with Crippen LogP contribution < -0.4 is 0 Å².